The monoisotopic (exact) mass is 163 g/mol. The third-order valence-electron chi connectivity index (χ3n) is 0.519. The lowest BCUT2D eigenvalue weighted by Gasteiger charge is -2.15. The lowest BCUT2D eigenvalue weighted by molar-refractivity contribution is 0.115. The first-order valence-electron chi connectivity index (χ1n) is 2.69. The van der Waals surface area contributed by atoms with Crippen LogP contribution in [0.4, 0.5) is 0 Å². The van der Waals surface area contributed by atoms with Gasteiger partial charge in [-0.2, -0.15) is 4.57 Å². The first kappa shape index (κ1) is 9.64. The summed E-state index contributed by atoms with van der Waals surface area (Å²) in [5, 5.41) is 0. The van der Waals surface area contributed by atoms with Crippen molar-refractivity contribution in [3.8, 4) is 0 Å². The van der Waals surface area contributed by atoms with Crippen molar-refractivity contribution in [2.45, 2.75) is 26.4 Å². The molecule has 5 heteroatoms. The molecule has 0 aromatic heterocycles. The normalized spacial score (nSPS) is 17.5. The summed E-state index contributed by atoms with van der Waals surface area (Å²) >= 11 is 0. The van der Waals surface area contributed by atoms with Gasteiger partial charge < -0.3 is 0 Å². The second kappa shape index (κ2) is 2.71. The molecule has 0 radical (unpaired) electrons. The van der Waals surface area contributed by atoms with Crippen molar-refractivity contribution in [2.24, 2.45) is 0 Å². The van der Waals surface area contributed by atoms with E-state index in [0.29, 0.717) is 0 Å². The van der Waals surface area contributed by atoms with Gasteiger partial charge in [0.05, 0.1) is 5.60 Å². The van der Waals surface area contributed by atoms with Crippen molar-refractivity contribution in [1.29, 1.82) is 0 Å². The predicted octanol–water partition coefficient (Wildman–Crippen LogP) is 1.82. The molecule has 58 valence electrons. The molecule has 0 rings (SSSR count). The number of hydrogen-bond acceptors (Lipinski definition) is 2. The Morgan fingerprint density at radius 3 is 2.10 bits per heavy atom. The fourth-order valence-electron chi connectivity index (χ4n) is 0.377. The molecule has 0 aliphatic heterocycles. The van der Waals surface area contributed by atoms with E-state index in [9.17, 15) is 4.57 Å². The second-order valence-corrected chi connectivity index (χ2v) is 4.16. The maximum Gasteiger partial charge on any atom is 0.691 e. The van der Waals surface area contributed by atoms with Gasteiger partial charge in [-0.1, -0.05) is 0 Å². The minimum atomic E-state index is -4.00. The Labute approximate surface area is 60.2 Å². The Morgan fingerprint density at radius 2 is 2.00 bits per heavy atom. The number of hydrogen-bond donors (Lipinski definition) is 1. The Hall–Kier alpha value is -0.360. The van der Waals surface area contributed by atoms with Gasteiger partial charge in [-0.25, -0.2) is 15.7 Å². The predicted molar refractivity (Wildman–Crippen MR) is 37.3 cm³/mol. The average Bonchev–Trinajstić information content (AvgIpc) is 1.60. The molecule has 0 aliphatic carbocycles. The van der Waals surface area contributed by atoms with Crippen LogP contribution in [0, 0.1) is 6.57 Å². The van der Waals surface area contributed by atoms with Crippen molar-refractivity contribution >= 4 is 7.75 Å². The van der Waals surface area contributed by atoms with Crippen LogP contribution in [-0.2, 0) is 9.09 Å². The van der Waals surface area contributed by atoms with E-state index in [1.807, 2.05) is 0 Å². The van der Waals surface area contributed by atoms with Crippen LogP contribution in [0.5, 0.6) is 0 Å². The van der Waals surface area contributed by atoms with Gasteiger partial charge in [-0.3, -0.25) is 4.89 Å². The minimum absolute atomic E-state index is 0.741. The molecule has 0 aromatic carbocycles. The van der Waals surface area contributed by atoms with E-state index in [4.69, 9.17) is 11.5 Å². The summed E-state index contributed by atoms with van der Waals surface area (Å²) < 4.78 is 17.6. The number of rotatable bonds is 1. The molecule has 0 saturated heterocycles. The third-order valence-corrected chi connectivity index (χ3v) is 1.56. The summed E-state index contributed by atoms with van der Waals surface area (Å²) in [4.78, 5) is 8.64. The van der Waals surface area contributed by atoms with Gasteiger partial charge >= 0.3 is 7.75 Å². The summed E-state index contributed by atoms with van der Waals surface area (Å²) in [6.07, 6.45) is 0. The van der Waals surface area contributed by atoms with Gasteiger partial charge in [-0.05, 0) is 20.8 Å². The van der Waals surface area contributed by atoms with Crippen molar-refractivity contribution < 1.29 is 14.0 Å². The zero-order valence-corrected chi connectivity index (χ0v) is 7.05. The maximum absolute atomic E-state index is 10.6. The summed E-state index contributed by atoms with van der Waals surface area (Å²) in [5.74, 6) is 0. The fourth-order valence-corrected chi connectivity index (χ4v) is 1.13. The topological polar surface area (TPSA) is 50.9 Å². The minimum Gasteiger partial charge on any atom is -0.260 e. The van der Waals surface area contributed by atoms with Crippen LogP contribution in [0.15, 0.2) is 0 Å². The first-order valence-corrected chi connectivity index (χ1v) is 4.22. The molecule has 0 aliphatic rings. The average molecular weight is 163 g/mol. The molecule has 0 amide bonds. The van der Waals surface area contributed by atoms with Crippen LogP contribution >= 0.6 is 7.75 Å². The summed E-state index contributed by atoms with van der Waals surface area (Å²) in [6, 6.07) is 0. The molecule has 0 bridgehead atoms. The molecule has 1 atom stereocenters. The van der Waals surface area contributed by atoms with Crippen LogP contribution in [0.1, 0.15) is 20.8 Å². The number of nitrogens with zero attached hydrogens (tertiary/aromatic N) is 1. The van der Waals surface area contributed by atoms with Crippen LogP contribution < -0.4 is 0 Å². The summed E-state index contributed by atoms with van der Waals surface area (Å²) in [7, 11) is -4.00. The van der Waals surface area contributed by atoms with Gasteiger partial charge in [0.15, 0.2) is 0 Å². The zero-order chi connectivity index (χ0) is 8.41. The molecular weight excluding hydrogens is 153 g/mol. The van der Waals surface area contributed by atoms with Crippen molar-refractivity contribution in [2.75, 3.05) is 0 Å². The fraction of sp³-hybridized carbons (Fsp3) is 0.800. The zero-order valence-electron chi connectivity index (χ0n) is 6.16. The summed E-state index contributed by atoms with van der Waals surface area (Å²) in [6.45, 7) is 11.1. The molecular formula is C5H10NO3P. The van der Waals surface area contributed by atoms with E-state index in [-0.39, 0.29) is 0 Å². The first-order chi connectivity index (χ1) is 4.27. The Bertz CT molecular complexity index is 200. The molecule has 1 N–H and O–H groups in total. The van der Waals surface area contributed by atoms with Gasteiger partial charge in [0, 0.05) is 0 Å². The highest BCUT2D eigenvalue weighted by molar-refractivity contribution is 7.55. The van der Waals surface area contributed by atoms with Crippen LogP contribution in [0.2, 0.25) is 0 Å². The largest absolute Gasteiger partial charge is 0.691 e. The molecule has 0 saturated carbocycles. The standard InChI is InChI=1S/C5H10NO3P/c1-5(2,3)9-10(7,8)6-4/h1-3H3,(H,7,8). The van der Waals surface area contributed by atoms with E-state index in [2.05, 4.69) is 9.14 Å². The van der Waals surface area contributed by atoms with Gasteiger partial charge in [-0.15, -0.1) is 0 Å². The van der Waals surface area contributed by atoms with E-state index < -0.39 is 13.3 Å². The van der Waals surface area contributed by atoms with E-state index in [0.717, 1.165) is 0 Å². The highest BCUT2D eigenvalue weighted by Crippen LogP contribution is 2.47. The molecule has 0 heterocycles. The maximum atomic E-state index is 10.6. The highest BCUT2D eigenvalue weighted by atomic mass is 31.2. The van der Waals surface area contributed by atoms with Gasteiger partial charge in [0.1, 0.15) is 0 Å². The highest BCUT2D eigenvalue weighted by Gasteiger charge is 2.34. The molecule has 0 spiro atoms. The molecule has 4 nitrogen and oxygen atoms in total. The Balaban J connectivity index is 4.21. The summed E-state index contributed by atoms with van der Waals surface area (Å²) in [5.41, 5.74) is -0.741. The Morgan fingerprint density at radius 1 is 1.60 bits per heavy atom. The lowest BCUT2D eigenvalue weighted by Crippen LogP contribution is -2.16. The van der Waals surface area contributed by atoms with E-state index >= 15 is 0 Å². The van der Waals surface area contributed by atoms with E-state index in [1.54, 1.807) is 20.8 Å². The van der Waals surface area contributed by atoms with E-state index in [1.165, 1.54) is 0 Å². The lowest BCUT2D eigenvalue weighted by atomic mass is 10.2. The van der Waals surface area contributed by atoms with Gasteiger partial charge in [0.25, 0.3) is 0 Å². The molecule has 1 unspecified atom stereocenters. The van der Waals surface area contributed by atoms with Gasteiger partial charge in [0.2, 0.25) is 0 Å². The molecule has 0 aromatic rings. The molecule has 10 heavy (non-hydrogen) atoms. The smallest absolute Gasteiger partial charge is 0.260 e. The third kappa shape index (κ3) is 4.51. The Kier molecular flexibility index (Phi) is 2.61. The quantitative estimate of drug-likeness (QED) is 0.473. The SMILES string of the molecule is [C-]#[N+]P(=O)(O)OC(C)(C)C. The van der Waals surface area contributed by atoms with Crippen LogP contribution in [0.3, 0.4) is 0 Å². The van der Waals surface area contributed by atoms with Crippen molar-refractivity contribution in [1.82, 2.24) is 0 Å². The second-order valence-electron chi connectivity index (χ2n) is 2.79. The van der Waals surface area contributed by atoms with Crippen molar-refractivity contribution in [3.05, 3.63) is 11.2 Å². The van der Waals surface area contributed by atoms with Crippen LogP contribution in [-0.4, -0.2) is 10.5 Å². The van der Waals surface area contributed by atoms with Crippen molar-refractivity contribution in [3.63, 3.8) is 0 Å². The molecule has 0 fully saturated rings. The van der Waals surface area contributed by atoms with Crippen LogP contribution in [0.25, 0.3) is 4.62 Å².